The number of alkyl halides is 1. The van der Waals surface area contributed by atoms with Gasteiger partial charge in [0.05, 0.1) is 26.7 Å². The minimum absolute atomic E-state index is 0.127. The van der Waals surface area contributed by atoms with Crippen molar-refractivity contribution in [1.82, 2.24) is 0 Å². The summed E-state index contributed by atoms with van der Waals surface area (Å²) in [5.41, 5.74) is 2.13. The van der Waals surface area contributed by atoms with Crippen LogP contribution in [0.1, 0.15) is 16.5 Å². The number of hydrogen-bond acceptors (Lipinski definition) is 3. The van der Waals surface area contributed by atoms with Gasteiger partial charge in [0.15, 0.2) is 11.5 Å². The van der Waals surface area contributed by atoms with Crippen LogP contribution in [0.4, 0.5) is 0 Å². The van der Waals surface area contributed by atoms with Gasteiger partial charge < -0.3 is 14.2 Å². The Balaban J connectivity index is 2.16. The van der Waals surface area contributed by atoms with Gasteiger partial charge in [-0.2, -0.15) is 0 Å². The van der Waals surface area contributed by atoms with Crippen LogP contribution in [-0.4, -0.2) is 21.3 Å². The molecule has 1 atom stereocenters. The molecule has 0 bridgehead atoms. The molecule has 21 heavy (non-hydrogen) atoms. The van der Waals surface area contributed by atoms with Crippen LogP contribution in [-0.2, 0) is 6.42 Å². The highest BCUT2D eigenvalue weighted by Crippen LogP contribution is 2.32. The maximum Gasteiger partial charge on any atom is 0.160 e. The van der Waals surface area contributed by atoms with E-state index in [1.54, 1.807) is 21.3 Å². The Labute approximate surface area is 130 Å². The molecule has 0 fully saturated rings. The van der Waals surface area contributed by atoms with Gasteiger partial charge in [0.2, 0.25) is 0 Å². The van der Waals surface area contributed by atoms with Crippen LogP contribution < -0.4 is 14.2 Å². The summed E-state index contributed by atoms with van der Waals surface area (Å²) in [6.45, 7) is 0. The van der Waals surface area contributed by atoms with Crippen LogP contribution in [0.15, 0.2) is 42.5 Å². The highest BCUT2D eigenvalue weighted by atomic mass is 35.5. The zero-order valence-corrected chi connectivity index (χ0v) is 13.2. The van der Waals surface area contributed by atoms with E-state index in [-0.39, 0.29) is 5.38 Å². The molecule has 112 valence electrons. The summed E-state index contributed by atoms with van der Waals surface area (Å²) in [7, 11) is 4.90. The topological polar surface area (TPSA) is 27.7 Å². The lowest BCUT2D eigenvalue weighted by atomic mass is 10.0. The second-order valence-corrected chi connectivity index (χ2v) is 5.16. The average Bonchev–Trinajstić information content (AvgIpc) is 2.54. The van der Waals surface area contributed by atoms with Gasteiger partial charge in [-0.25, -0.2) is 0 Å². The molecule has 3 nitrogen and oxygen atoms in total. The predicted octanol–water partition coefficient (Wildman–Crippen LogP) is 4.24. The lowest BCUT2D eigenvalue weighted by molar-refractivity contribution is 0.354. The molecule has 0 spiro atoms. The van der Waals surface area contributed by atoms with Crippen LogP contribution >= 0.6 is 11.6 Å². The largest absolute Gasteiger partial charge is 0.497 e. The number of rotatable bonds is 6. The molecule has 0 heterocycles. The van der Waals surface area contributed by atoms with Gasteiger partial charge in [-0.05, 0) is 41.8 Å². The maximum atomic E-state index is 6.51. The number of halogens is 1. The van der Waals surface area contributed by atoms with Crippen LogP contribution in [0.25, 0.3) is 0 Å². The van der Waals surface area contributed by atoms with E-state index in [4.69, 9.17) is 25.8 Å². The van der Waals surface area contributed by atoms with E-state index in [1.165, 1.54) is 0 Å². The summed E-state index contributed by atoms with van der Waals surface area (Å²) < 4.78 is 15.8. The van der Waals surface area contributed by atoms with Crippen LogP contribution in [0.3, 0.4) is 0 Å². The molecule has 0 aliphatic rings. The van der Waals surface area contributed by atoms with Gasteiger partial charge >= 0.3 is 0 Å². The summed E-state index contributed by atoms with van der Waals surface area (Å²) in [6.07, 6.45) is 0.703. The van der Waals surface area contributed by atoms with Crippen molar-refractivity contribution < 1.29 is 14.2 Å². The van der Waals surface area contributed by atoms with Crippen molar-refractivity contribution >= 4 is 11.6 Å². The predicted molar refractivity (Wildman–Crippen MR) is 84.8 cm³/mol. The zero-order chi connectivity index (χ0) is 15.2. The Morgan fingerprint density at radius 3 is 2.33 bits per heavy atom. The van der Waals surface area contributed by atoms with Gasteiger partial charge in [-0.3, -0.25) is 0 Å². The summed E-state index contributed by atoms with van der Waals surface area (Å²) in [6, 6.07) is 13.6. The smallest absolute Gasteiger partial charge is 0.160 e. The first-order valence-corrected chi connectivity index (χ1v) is 7.10. The van der Waals surface area contributed by atoms with Crippen molar-refractivity contribution in [3.05, 3.63) is 53.6 Å². The fraction of sp³-hybridized carbons (Fsp3) is 0.294. The molecule has 4 heteroatoms. The number of methoxy groups -OCH3 is 3. The molecule has 0 N–H and O–H groups in total. The quantitative estimate of drug-likeness (QED) is 0.747. The fourth-order valence-corrected chi connectivity index (χ4v) is 2.48. The number of hydrogen-bond donors (Lipinski definition) is 0. The highest BCUT2D eigenvalue weighted by Gasteiger charge is 2.12. The van der Waals surface area contributed by atoms with Gasteiger partial charge in [-0.1, -0.05) is 18.2 Å². The van der Waals surface area contributed by atoms with E-state index in [0.29, 0.717) is 17.9 Å². The zero-order valence-electron chi connectivity index (χ0n) is 12.4. The van der Waals surface area contributed by atoms with Gasteiger partial charge in [0, 0.05) is 0 Å². The second kappa shape index (κ2) is 7.23. The molecule has 2 aromatic carbocycles. The third-order valence-corrected chi connectivity index (χ3v) is 3.72. The van der Waals surface area contributed by atoms with Crippen molar-refractivity contribution in [2.45, 2.75) is 11.8 Å². The van der Waals surface area contributed by atoms with Gasteiger partial charge in [0.1, 0.15) is 5.75 Å². The van der Waals surface area contributed by atoms with E-state index < -0.39 is 0 Å². The molecular weight excluding hydrogens is 288 g/mol. The molecule has 0 aliphatic heterocycles. The maximum absolute atomic E-state index is 6.51. The third kappa shape index (κ3) is 3.82. The van der Waals surface area contributed by atoms with Crippen molar-refractivity contribution in [2.24, 2.45) is 0 Å². The minimum Gasteiger partial charge on any atom is -0.497 e. The van der Waals surface area contributed by atoms with Crippen molar-refractivity contribution in [3.63, 3.8) is 0 Å². The minimum atomic E-state index is -0.127. The normalized spacial score (nSPS) is 11.8. The Kier molecular flexibility index (Phi) is 5.34. The van der Waals surface area contributed by atoms with Crippen LogP contribution in [0, 0.1) is 0 Å². The van der Waals surface area contributed by atoms with Crippen molar-refractivity contribution in [1.29, 1.82) is 0 Å². The number of ether oxygens (including phenoxy) is 3. The Morgan fingerprint density at radius 2 is 1.67 bits per heavy atom. The van der Waals surface area contributed by atoms with Gasteiger partial charge in [0.25, 0.3) is 0 Å². The molecule has 0 saturated carbocycles. The standard InChI is InChI=1S/C17H19ClO3/c1-19-14-6-4-5-13(11-14)15(18)9-12-7-8-16(20-2)17(10-12)21-3/h4-8,10-11,15H,9H2,1-3H3. The first kappa shape index (κ1) is 15.5. The van der Waals surface area contributed by atoms with E-state index in [2.05, 4.69) is 0 Å². The first-order valence-electron chi connectivity index (χ1n) is 6.67. The SMILES string of the molecule is COc1cccc(C(Cl)Cc2ccc(OC)c(OC)c2)c1. The highest BCUT2D eigenvalue weighted by molar-refractivity contribution is 6.20. The Bertz CT molecular complexity index is 598. The lowest BCUT2D eigenvalue weighted by Gasteiger charge is -2.13. The molecule has 2 aromatic rings. The average molecular weight is 307 g/mol. The van der Waals surface area contributed by atoms with Gasteiger partial charge in [-0.15, -0.1) is 11.6 Å². The van der Waals surface area contributed by atoms with Crippen molar-refractivity contribution in [3.8, 4) is 17.2 Å². The molecule has 2 rings (SSSR count). The van der Waals surface area contributed by atoms with Crippen molar-refractivity contribution in [2.75, 3.05) is 21.3 Å². The molecule has 0 saturated heterocycles. The molecule has 0 aromatic heterocycles. The van der Waals surface area contributed by atoms with E-state index in [9.17, 15) is 0 Å². The fourth-order valence-electron chi connectivity index (χ4n) is 2.17. The van der Waals surface area contributed by atoms with Crippen LogP contribution in [0.2, 0.25) is 0 Å². The number of benzene rings is 2. The molecule has 1 unspecified atom stereocenters. The Morgan fingerprint density at radius 1 is 0.905 bits per heavy atom. The molecular formula is C17H19ClO3. The summed E-state index contributed by atoms with van der Waals surface area (Å²) >= 11 is 6.51. The summed E-state index contributed by atoms with van der Waals surface area (Å²) in [5, 5.41) is -0.127. The molecule has 0 amide bonds. The van der Waals surface area contributed by atoms with E-state index in [0.717, 1.165) is 16.9 Å². The molecule has 0 radical (unpaired) electrons. The van der Waals surface area contributed by atoms with E-state index >= 15 is 0 Å². The first-order chi connectivity index (χ1) is 10.2. The Hall–Kier alpha value is -1.87. The monoisotopic (exact) mass is 306 g/mol. The third-order valence-electron chi connectivity index (χ3n) is 3.32. The van der Waals surface area contributed by atoms with Crippen LogP contribution in [0.5, 0.6) is 17.2 Å². The lowest BCUT2D eigenvalue weighted by Crippen LogP contribution is -1.98. The summed E-state index contributed by atoms with van der Waals surface area (Å²) in [5.74, 6) is 2.24. The second-order valence-electron chi connectivity index (χ2n) is 4.64. The van der Waals surface area contributed by atoms with E-state index in [1.807, 2.05) is 42.5 Å². The molecule has 0 aliphatic carbocycles. The summed E-state index contributed by atoms with van der Waals surface area (Å²) in [4.78, 5) is 0.